The monoisotopic (exact) mass is 402 g/mol. The summed E-state index contributed by atoms with van der Waals surface area (Å²) in [6.07, 6.45) is 0. The summed E-state index contributed by atoms with van der Waals surface area (Å²) in [5.74, 6) is 1.11. The first kappa shape index (κ1) is 22.0. The molecule has 8 heteroatoms. The maximum Gasteiger partial charge on any atom is 0.255 e. The molecule has 0 aromatic heterocycles. The van der Waals surface area contributed by atoms with Gasteiger partial charge in [-0.2, -0.15) is 0 Å². The number of aliphatic imine (C=N–C) groups is 1. The molecule has 0 unspecified atom stereocenters. The lowest BCUT2D eigenvalue weighted by Crippen LogP contribution is -2.40. The third-order valence-electron chi connectivity index (χ3n) is 3.90. The minimum atomic E-state index is -0.521. The number of nitrogens with two attached hydrogens (primary N) is 1. The third kappa shape index (κ3) is 8.08. The zero-order chi connectivity index (χ0) is 21.1. The number of nitrogens with one attached hydrogen (secondary N) is 1. The van der Waals surface area contributed by atoms with Gasteiger partial charge in [-0.1, -0.05) is 12.1 Å². The second kappa shape index (κ2) is 11.5. The highest BCUT2D eigenvalue weighted by Crippen LogP contribution is 2.14. The fraction of sp³-hybridized carbons (Fsp3) is 0.333. The van der Waals surface area contributed by atoms with Gasteiger partial charge in [-0.15, -0.1) is 0 Å². The zero-order valence-corrected chi connectivity index (χ0v) is 16.7. The van der Waals surface area contributed by atoms with Crippen LogP contribution in [0.25, 0.3) is 0 Å². The maximum absolute atomic E-state index is 12.9. The molecule has 0 spiro atoms. The van der Waals surface area contributed by atoms with Gasteiger partial charge >= 0.3 is 0 Å². The highest BCUT2D eigenvalue weighted by molar-refractivity contribution is 5.79. The number of hydrogen-bond acceptors (Lipinski definition) is 4. The van der Waals surface area contributed by atoms with Crippen LogP contribution in [0.3, 0.4) is 0 Å². The van der Waals surface area contributed by atoms with E-state index in [2.05, 4.69) is 10.3 Å². The molecule has 2 rings (SSSR count). The van der Waals surface area contributed by atoms with E-state index >= 15 is 0 Å². The van der Waals surface area contributed by atoms with Gasteiger partial charge in [-0.3, -0.25) is 4.79 Å². The van der Waals surface area contributed by atoms with Gasteiger partial charge in [-0.05, 0) is 48.9 Å². The average molecular weight is 402 g/mol. The summed E-state index contributed by atoms with van der Waals surface area (Å²) in [6, 6.07) is 13.3. The summed E-state index contributed by atoms with van der Waals surface area (Å²) in [5, 5.41) is 3.24. The molecule has 0 aliphatic carbocycles. The van der Waals surface area contributed by atoms with E-state index in [1.54, 1.807) is 18.2 Å². The first-order chi connectivity index (χ1) is 14.0. The van der Waals surface area contributed by atoms with Gasteiger partial charge in [-0.25, -0.2) is 9.38 Å². The normalized spacial score (nSPS) is 11.1. The van der Waals surface area contributed by atoms with Crippen LogP contribution < -0.4 is 20.5 Å². The molecule has 3 N–H and O–H groups in total. The fourth-order valence-electron chi connectivity index (χ4n) is 2.46. The summed E-state index contributed by atoms with van der Waals surface area (Å²) in [6.45, 7) is 4.04. The number of benzene rings is 2. The smallest absolute Gasteiger partial charge is 0.255 e. The van der Waals surface area contributed by atoms with E-state index in [1.165, 1.54) is 12.1 Å². The minimum absolute atomic E-state index is 0.161. The lowest BCUT2D eigenvalue weighted by atomic mass is 10.2. The molecule has 0 atom stereocenters. The van der Waals surface area contributed by atoms with E-state index < -0.39 is 5.91 Å². The number of hydrogen-bond donors (Lipinski definition) is 2. The molecule has 0 heterocycles. The molecular formula is C21H27FN4O3. The van der Waals surface area contributed by atoms with E-state index in [9.17, 15) is 9.18 Å². The predicted octanol–water partition coefficient (Wildman–Crippen LogP) is 2.17. The van der Waals surface area contributed by atoms with E-state index in [4.69, 9.17) is 15.2 Å². The zero-order valence-electron chi connectivity index (χ0n) is 16.7. The molecule has 156 valence electrons. The van der Waals surface area contributed by atoms with Gasteiger partial charge in [0.15, 0.2) is 12.6 Å². The Morgan fingerprint density at radius 2 is 1.93 bits per heavy atom. The second-order valence-corrected chi connectivity index (χ2v) is 6.30. The van der Waals surface area contributed by atoms with Crippen molar-refractivity contribution in [1.29, 1.82) is 0 Å². The third-order valence-corrected chi connectivity index (χ3v) is 3.90. The summed E-state index contributed by atoms with van der Waals surface area (Å²) < 4.78 is 23.9. The van der Waals surface area contributed by atoms with E-state index in [1.807, 2.05) is 37.1 Å². The molecular weight excluding hydrogens is 375 g/mol. The second-order valence-electron chi connectivity index (χ2n) is 6.30. The van der Waals surface area contributed by atoms with Crippen molar-refractivity contribution < 1.29 is 18.7 Å². The highest BCUT2D eigenvalue weighted by Gasteiger charge is 2.07. The first-order valence-corrected chi connectivity index (χ1v) is 9.35. The van der Waals surface area contributed by atoms with Crippen molar-refractivity contribution in [2.45, 2.75) is 13.5 Å². The largest absolute Gasteiger partial charge is 0.492 e. The summed E-state index contributed by atoms with van der Waals surface area (Å²) in [7, 11) is 1.92. The van der Waals surface area contributed by atoms with Crippen LogP contribution >= 0.6 is 0 Å². The SMILES string of the molecule is CCNC(=NCc1cccc(OCC(N)=O)c1)N(C)CCOc1ccc(F)cc1. The van der Waals surface area contributed by atoms with Gasteiger partial charge in [0.05, 0.1) is 13.1 Å². The van der Waals surface area contributed by atoms with Crippen molar-refractivity contribution >= 4 is 11.9 Å². The number of carbonyl (C=O) groups excluding carboxylic acids is 1. The molecule has 0 bridgehead atoms. The van der Waals surface area contributed by atoms with Crippen molar-refractivity contribution in [1.82, 2.24) is 10.2 Å². The number of amides is 1. The van der Waals surface area contributed by atoms with Crippen molar-refractivity contribution in [2.75, 3.05) is 33.4 Å². The number of guanidine groups is 1. The summed E-state index contributed by atoms with van der Waals surface area (Å²) >= 11 is 0. The molecule has 0 saturated heterocycles. The van der Waals surface area contributed by atoms with E-state index in [-0.39, 0.29) is 12.4 Å². The van der Waals surface area contributed by atoms with Crippen molar-refractivity contribution in [3.8, 4) is 11.5 Å². The molecule has 29 heavy (non-hydrogen) atoms. The van der Waals surface area contributed by atoms with Crippen LogP contribution in [0.15, 0.2) is 53.5 Å². The summed E-state index contributed by atoms with van der Waals surface area (Å²) in [5.41, 5.74) is 6.04. The standard InChI is InChI=1S/C21H27FN4O3/c1-3-24-21(26(2)11-12-28-18-9-7-17(22)8-10-18)25-14-16-5-4-6-19(13-16)29-15-20(23)27/h4-10,13H,3,11-12,14-15H2,1-2H3,(H2,23,27)(H,24,25). The molecule has 0 aliphatic heterocycles. The number of primary amides is 1. The Morgan fingerprint density at radius 1 is 1.17 bits per heavy atom. The maximum atomic E-state index is 12.9. The van der Waals surface area contributed by atoms with Gasteiger partial charge in [0.2, 0.25) is 0 Å². The van der Waals surface area contributed by atoms with Crippen LogP contribution in [-0.4, -0.2) is 50.1 Å². The van der Waals surface area contributed by atoms with E-state index in [0.29, 0.717) is 31.2 Å². The van der Waals surface area contributed by atoms with Crippen LogP contribution in [0.2, 0.25) is 0 Å². The average Bonchev–Trinajstić information content (AvgIpc) is 2.71. The van der Waals surface area contributed by atoms with Crippen LogP contribution in [0.1, 0.15) is 12.5 Å². The molecule has 2 aromatic rings. The molecule has 7 nitrogen and oxygen atoms in total. The molecule has 0 radical (unpaired) electrons. The van der Waals surface area contributed by atoms with Gasteiger partial charge in [0.1, 0.15) is 23.9 Å². The van der Waals surface area contributed by atoms with Crippen LogP contribution in [-0.2, 0) is 11.3 Å². The first-order valence-electron chi connectivity index (χ1n) is 9.35. The highest BCUT2D eigenvalue weighted by atomic mass is 19.1. The Hall–Kier alpha value is -3.29. The van der Waals surface area contributed by atoms with Gasteiger partial charge in [0, 0.05) is 13.6 Å². The Labute approximate surface area is 170 Å². The van der Waals surface area contributed by atoms with Gasteiger partial charge in [0.25, 0.3) is 5.91 Å². The predicted molar refractivity (Wildman–Crippen MR) is 110 cm³/mol. The number of halogens is 1. The topological polar surface area (TPSA) is 89.2 Å². The van der Waals surface area contributed by atoms with Gasteiger partial charge < -0.3 is 25.4 Å². The number of nitrogens with zero attached hydrogens (tertiary/aromatic N) is 2. The minimum Gasteiger partial charge on any atom is -0.492 e. The molecule has 0 aliphatic rings. The van der Waals surface area contributed by atoms with Crippen LogP contribution in [0, 0.1) is 5.82 Å². The number of carbonyl (C=O) groups is 1. The molecule has 0 saturated carbocycles. The lowest BCUT2D eigenvalue weighted by Gasteiger charge is -2.22. The quantitative estimate of drug-likeness (QED) is 0.470. The van der Waals surface area contributed by atoms with Crippen LogP contribution in [0.5, 0.6) is 11.5 Å². The Bertz CT molecular complexity index is 812. The summed E-state index contributed by atoms with van der Waals surface area (Å²) in [4.78, 5) is 17.4. The Balaban J connectivity index is 1.91. The molecule has 0 fully saturated rings. The fourth-order valence-corrected chi connectivity index (χ4v) is 2.46. The van der Waals surface area contributed by atoms with Crippen molar-refractivity contribution in [2.24, 2.45) is 10.7 Å². The Morgan fingerprint density at radius 3 is 2.62 bits per heavy atom. The molecule has 1 amide bonds. The van der Waals surface area contributed by atoms with Crippen molar-refractivity contribution in [3.63, 3.8) is 0 Å². The van der Waals surface area contributed by atoms with E-state index in [0.717, 1.165) is 18.1 Å². The van der Waals surface area contributed by atoms with Crippen molar-refractivity contribution in [3.05, 3.63) is 59.9 Å². The number of ether oxygens (including phenoxy) is 2. The Kier molecular flexibility index (Phi) is 8.75. The van der Waals surface area contributed by atoms with Crippen LogP contribution in [0.4, 0.5) is 4.39 Å². The number of likely N-dealkylation sites (N-methyl/N-ethyl adjacent to an activating group) is 1. The lowest BCUT2D eigenvalue weighted by molar-refractivity contribution is -0.119. The number of rotatable bonds is 10. The molecule has 2 aromatic carbocycles.